The largest absolute Gasteiger partial charge is 0.381 e. The van der Waals surface area contributed by atoms with Crippen LogP contribution in [0.25, 0.3) is 22.2 Å². The maximum Gasteiger partial charge on any atom is 0.257 e. The van der Waals surface area contributed by atoms with E-state index in [2.05, 4.69) is 51.9 Å². The Bertz CT molecular complexity index is 1190. The molecule has 1 aliphatic rings. The number of nitrogens with one attached hydrogen (secondary N) is 2. The summed E-state index contributed by atoms with van der Waals surface area (Å²) in [5, 5.41) is 16.3. The summed E-state index contributed by atoms with van der Waals surface area (Å²) in [6.07, 6.45) is 8.48. The third kappa shape index (κ3) is 4.66. The smallest absolute Gasteiger partial charge is 0.257 e. The van der Waals surface area contributed by atoms with E-state index < -0.39 is 0 Å². The van der Waals surface area contributed by atoms with Gasteiger partial charge < -0.3 is 10.7 Å². The van der Waals surface area contributed by atoms with E-state index >= 15 is 0 Å². The van der Waals surface area contributed by atoms with Crippen LogP contribution < -0.4 is 11.3 Å². The molecule has 4 N–H and O–H groups in total. The molecule has 4 rings (SSSR count). The van der Waals surface area contributed by atoms with Crippen LogP contribution >= 0.6 is 0 Å². The van der Waals surface area contributed by atoms with Gasteiger partial charge >= 0.3 is 0 Å². The number of nitrogens with zero attached hydrogens (tertiary/aromatic N) is 4. The Balaban J connectivity index is 1.88. The SMILES string of the molecule is CCCCC(c1cccc2[nH]c(=O)c(-c3cnnc(C(=N)N)n3)cc12)N1C(C)CCCC1C. The standard InChI is InChI=1S/C25H33N7O/c1-4-5-12-22(32-15(2)8-6-9-16(32)3)17-10-7-11-20-18(17)13-19(25(33)30-20)21-14-28-31-24(29-21)23(26)27/h7,10-11,13-16,22H,4-6,8-9,12H2,1-3H3,(H3,26,27)(H,30,33). The van der Waals surface area contributed by atoms with Crippen molar-refractivity contribution in [3.63, 3.8) is 0 Å². The van der Waals surface area contributed by atoms with Gasteiger partial charge in [0, 0.05) is 29.0 Å². The predicted molar refractivity (Wildman–Crippen MR) is 131 cm³/mol. The van der Waals surface area contributed by atoms with Crippen LogP contribution in [0.4, 0.5) is 0 Å². The second-order valence-electron chi connectivity index (χ2n) is 9.13. The van der Waals surface area contributed by atoms with Crippen molar-refractivity contribution in [2.45, 2.75) is 77.4 Å². The number of fused-ring (bicyclic) bond motifs is 1. The van der Waals surface area contributed by atoms with Gasteiger partial charge in [-0.2, -0.15) is 5.10 Å². The predicted octanol–water partition coefficient (Wildman–Crippen LogP) is 4.16. The number of unbranched alkanes of at least 4 members (excludes halogenated alkanes) is 1. The van der Waals surface area contributed by atoms with Gasteiger partial charge in [0.2, 0.25) is 5.82 Å². The van der Waals surface area contributed by atoms with Crippen molar-refractivity contribution in [2.24, 2.45) is 5.73 Å². The number of aromatic nitrogens is 4. The number of nitrogen functional groups attached to an aromatic ring is 1. The van der Waals surface area contributed by atoms with E-state index in [4.69, 9.17) is 11.1 Å². The number of H-pyrrole nitrogens is 1. The van der Waals surface area contributed by atoms with Crippen LogP contribution in [-0.4, -0.2) is 43.0 Å². The second kappa shape index (κ2) is 9.79. The number of aromatic amines is 1. The molecule has 1 aliphatic heterocycles. The van der Waals surface area contributed by atoms with Crippen molar-refractivity contribution < 1.29 is 0 Å². The molecule has 8 nitrogen and oxygen atoms in total. The molecule has 3 aromatic rings. The highest BCUT2D eigenvalue weighted by atomic mass is 16.1. The summed E-state index contributed by atoms with van der Waals surface area (Å²) >= 11 is 0. The van der Waals surface area contributed by atoms with E-state index in [9.17, 15) is 4.79 Å². The number of rotatable bonds is 7. The first-order valence-corrected chi connectivity index (χ1v) is 11.9. The number of benzene rings is 1. The van der Waals surface area contributed by atoms with Crippen molar-refractivity contribution in [3.8, 4) is 11.3 Å². The van der Waals surface area contributed by atoms with Gasteiger partial charge in [-0.15, -0.1) is 5.10 Å². The molecule has 0 amide bonds. The van der Waals surface area contributed by atoms with E-state index in [0.29, 0.717) is 23.3 Å². The molecule has 8 heteroatoms. The third-order valence-electron chi connectivity index (χ3n) is 6.81. The number of piperidine rings is 1. The molecule has 0 aliphatic carbocycles. The number of pyridine rings is 1. The van der Waals surface area contributed by atoms with Crippen LogP contribution in [0.2, 0.25) is 0 Å². The number of likely N-dealkylation sites (tertiary alicyclic amines) is 1. The second-order valence-corrected chi connectivity index (χ2v) is 9.13. The van der Waals surface area contributed by atoms with Crippen molar-refractivity contribution in [2.75, 3.05) is 0 Å². The molecule has 0 radical (unpaired) electrons. The first kappa shape index (κ1) is 23.0. The molecule has 1 fully saturated rings. The molecule has 2 aromatic heterocycles. The van der Waals surface area contributed by atoms with Gasteiger partial charge in [0.15, 0.2) is 5.84 Å². The minimum atomic E-state index is -0.282. The lowest BCUT2D eigenvalue weighted by atomic mass is 9.88. The third-order valence-corrected chi connectivity index (χ3v) is 6.81. The van der Waals surface area contributed by atoms with Gasteiger partial charge in [-0.05, 0) is 50.8 Å². The van der Waals surface area contributed by atoms with Crippen molar-refractivity contribution in [1.82, 2.24) is 25.1 Å². The molecule has 1 aromatic carbocycles. The zero-order valence-electron chi connectivity index (χ0n) is 19.6. The van der Waals surface area contributed by atoms with Gasteiger partial charge in [0.25, 0.3) is 5.56 Å². The van der Waals surface area contributed by atoms with Crippen LogP contribution in [0.5, 0.6) is 0 Å². The molecule has 0 bridgehead atoms. The Morgan fingerprint density at radius 2 is 2.06 bits per heavy atom. The summed E-state index contributed by atoms with van der Waals surface area (Å²) < 4.78 is 0. The van der Waals surface area contributed by atoms with Crippen LogP contribution in [0.1, 0.15) is 76.7 Å². The monoisotopic (exact) mass is 447 g/mol. The minimum absolute atomic E-state index is 0.0112. The number of hydrogen-bond donors (Lipinski definition) is 3. The molecule has 0 spiro atoms. The summed E-state index contributed by atoms with van der Waals surface area (Å²) in [5.41, 5.74) is 8.09. The van der Waals surface area contributed by atoms with Gasteiger partial charge in [-0.3, -0.25) is 15.1 Å². The first-order chi connectivity index (χ1) is 15.9. The lowest BCUT2D eigenvalue weighted by molar-refractivity contribution is 0.0496. The highest BCUT2D eigenvalue weighted by Crippen LogP contribution is 2.38. The van der Waals surface area contributed by atoms with Gasteiger partial charge in [-0.25, -0.2) is 4.98 Å². The molecule has 0 saturated carbocycles. The van der Waals surface area contributed by atoms with Crippen molar-refractivity contribution in [3.05, 3.63) is 52.2 Å². The highest BCUT2D eigenvalue weighted by molar-refractivity contribution is 5.91. The summed E-state index contributed by atoms with van der Waals surface area (Å²) in [6, 6.07) is 9.38. The molecular weight excluding hydrogens is 414 g/mol. The van der Waals surface area contributed by atoms with Crippen LogP contribution in [0.3, 0.4) is 0 Å². The fraction of sp³-hybridized carbons (Fsp3) is 0.480. The first-order valence-electron chi connectivity index (χ1n) is 11.9. The van der Waals surface area contributed by atoms with Gasteiger partial charge in [0.1, 0.15) is 0 Å². The highest BCUT2D eigenvalue weighted by Gasteiger charge is 2.32. The van der Waals surface area contributed by atoms with E-state index in [-0.39, 0.29) is 23.3 Å². The van der Waals surface area contributed by atoms with Crippen LogP contribution in [0, 0.1) is 5.41 Å². The van der Waals surface area contributed by atoms with E-state index in [1.807, 2.05) is 18.2 Å². The zero-order valence-corrected chi connectivity index (χ0v) is 19.6. The molecule has 3 unspecified atom stereocenters. The molecular formula is C25H33N7O. The quantitative estimate of drug-likeness (QED) is 0.369. The Kier molecular flexibility index (Phi) is 6.83. The Labute approximate surface area is 194 Å². The van der Waals surface area contributed by atoms with Crippen molar-refractivity contribution in [1.29, 1.82) is 5.41 Å². The summed E-state index contributed by atoms with van der Waals surface area (Å²) in [5.74, 6) is -0.271. The number of amidine groups is 1. The van der Waals surface area contributed by atoms with Crippen LogP contribution in [-0.2, 0) is 0 Å². The fourth-order valence-electron chi connectivity index (χ4n) is 5.20. The topological polar surface area (TPSA) is 125 Å². The van der Waals surface area contributed by atoms with E-state index in [1.165, 1.54) is 31.0 Å². The number of hydrogen-bond acceptors (Lipinski definition) is 6. The zero-order chi connectivity index (χ0) is 23.5. The molecule has 3 atom stereocenters. The molecule has 33 heavy (non-hydrogen) atoms. The van der Waals surface area contributed by atoms with E-state index in [1.54, 1.807) is 0 Å². The Morgan fingerprint density at radius 1 is 1.30 bits per heavy atom. The van der Waals surface area contributed by atoms with Crippen LogP contribution in [0.15, 0.2) is 35.3 Å². The van der Waals surface area contributed by atoms with Gasteiger partial charge in [-0.1, -0.05) is 38.3 Å². The lowest BCUT2D eigenvalue weighted by Gasteiger charge is -2.45. The Hall–Kier alpha value is -3.13. The van der Waals surface area contributed by atoms with Crippen molar-refractivity contribution >= 4 is 16.7 Å². The fourth-order valence-corrected chi connectivity index (χ4v) is 5.20. The summed E-state index contributed by atoms with van der Waals surface area (Å²) in [4.78, 5) is 22.9. The molecule has 174 valence electrons. The normalized spacial score (nSPS) is 20.1. The Morgan fingerprint density at radius 3 is 2.76 bits per heavy atom. The average Bonchev–Trinajstić information content (AvgIpc) is 2.80. The average molecular weight is 448 g/mol. The maximum absolute atomic E-state index is 12.9. The minimum Gasteiger partial charge on any atom is -0.381 e. The maximum atomic E-state index is 12.9. The molecule has 3 heterocycles. The molecule has 1 saturated heterocycles. The summed E-state index contributed by atoms with van der Waals surface area (Å²) in [7, 11) is 0. The number of nitrogens with two attached hydrogens (primary N) is 1. The summed E-state index contributed by atoms with van der Waals surface area (Å²) in [6.45, 7) is 6.90. The lowest BCUT2D eigenvalue weighted by Crippen LogP contribution is -2.46. The van der Waals surface area contributed by atoms with E-state index in [0.717, 1.165) is 30.2 Å². The van der Waals surface area contributed by atoms with Gasteiger partial charge in [0.05, 0.1) is 17.5 Å².